The second-order valence-electron chi connectivity index (χ2n) is 4.76. The molecule has 2 aromatic carbocycles. The summed E-state index contributed by atoms with van der Waals surface area (Å²) < 4.78 is 5.56. The summed E-state index contributed by atoms with van der Waals surface area (Å²) in [5.41, 5.74) is 13.6. The highest BCUT2D eigenvalue weighted by atomic mass is 35.5. The molecular formula is C16H15ClN4O. The van der Waals surface area contributed by atoms with E-state index in [1.807, 2.05) is 36.4 Å². The number of anilines is 1. The van der Waals surface area contributed by atoms with E-state index in [-0.39, 0.29) is 5.95 Å². The third kappa shape index (κ3) is 2.95. The van der Waals surface area contributed by atoms with Crippen LogP contribution in [0.25, 0.3) is 22.2 Å². The summed E-state index contributed by atoms with van der Waals surface area (Å²) in [6.07, 6.45) is 0. The number of hydrogen-bond acceptors (Lipinski definition) is 5. The number of aromatic nitrogens is 2. The Morgan fingerprint density at radius 3 is 2.77 bits per heavy atom. The topological polar surface area (TPSA) is 87.0 Å². The highest BCUT2D eigenvalue weighted by molar-refractivity contribution is 6.31. The number of ether oxygens (including phenoxy) is 1. The van der Waals surface area contributed by atoms with E-state index in [1.54, 1.807) is 6.07 Å². The third-order valence-electron chi connectivity index (χ3n) is 3.17. The zero-order valence-electron chi connectivity index (χ0n) is 11.8. The molecule has 1 heterocycles. The van der Waals surface area contributed by atoms with Crippen molar-refractivity contribution in [1.82, 2.24) is 9.97 Å². The molecule has 22 heavy (non-hydrogen) atoms. The smallest absolute Gasteiger partial charge is 0.221 e. The van der Waals surface area contributed by atoms with E-state index in [0.29, 0.717) is 18.2 Å². The molecule has 0 fully saturated rings. The number of nitrogens with two attached hydrogens (primary N) is 2. The second-order valence-corrected chi connectivity index (χ2v) is 5.19. The van der Waals surface area contributed by atoms with Crippen LogP contribution in [0, 0.1) is 0 Å². The van der Waals surface area contributed by atoms with Crippen molar-refractivity contribution in [1.29, 1.82) is 0 Å². The van der Waals surface area contributed by atoms with Gasteiger partial charge in [-0.05, 0) is 30.3 Å². The van der Waals surface area contributed by atoms with E-state index in [1.165, 1.54) is 0 Å². The van der Waals surface area contributed by atoms with Crippen molar-refractivity contribution in [2.75, 3.05) is 18.9 Å². The van der Waals surface area contributed by atoms with Crippen molar-refractivity contribution < 1.29 is 4.74 Å². The predicted molar refractivity (Wildman–Crippen MR) is 88.9 cm³/mol. The number of nitrogens with zero attached hydrogens (tertiary/aromatic N) is 2. The minimum Gasteiger partial charge on any atom is -0.492 e. The molecule has 3 aromatic rings. The van der Waals surface area contributed by atoms with Gasteiger partial charge in [-0.1, -0.05) is 23.7 Å². The minimum atomic E-state index is 0.220. The van der Waals surface area contributed by atoms with Crippen LogP contribution >= 0.6 is 11.6 Å². The van der Waals surface area contributed by atoms with E-state index >= 15 is 0 Å². The average Bonchev–Trinajstić information content (AvgIpc) is 2.53. The SMILES string of the molecule is NCCOc1cccc(-c2nc(N)nc3ccc(Cl)cc23)c1. The van der Waals surface area contributed by atoms with Gasteiger partial charge in [0.25, 0.3) is 0 Å². The first kappa shape index (κ1) is 14.6. The first-order chi connectivity index (χ1) is 10.7. The maximum atomic E-state index is 6.09. The van der Waals surface area contributed by atoms with Crippen LogP contribution in [0.1, 0.15) is 0 Å². The molecule has 0 atom stereocenters. The van der Waals surface area contributed by atoms with Gasteiger partial charge < -0.3 is 16.2 Å². The molecule has 0 spiro atoms. The van der Waals surface area contributed by atoms with Crippen molar-refractivity contribution >= 4 is 28.5 Å². The molecule has 1 aromatic heterocycles. The predicted octanol–water partition coefficient (Wildman–Crippen LogP) is 2.87. The van der Waals surface area contributed by atoms with Gasteiger partial charge in [0.1, 0.15) is 12.4 Å². The largest absolute Gasteiger partial charge is 0.492 e. The summed E-state index contributed by atoms with van der Waals surface area (Å²) in [7, 11) is 0. The van der Waals surface area contributed by atoms with E-state index in [4.69, 9.17) is 27.8 Å². The zero-order valence-corrected chi connectivity index (χ0v) is 12.5. The van der Waals surface area contributed by atoms with Crippen molar-refractivity contribution in [2.24, 2.45) is 5.73 Å². The van der Waals surface area contributed by atoms with Gasteiger partial charge in [0.15, 0.2) is 0 Å². The molecule has 0 saturated heterocycles. The van der Waals surface area contributed by atoms with Gasteiger partial charge in [-0.15, -0.1) is 0 Å². The van der Waals surface area contributed by atoms with Crippen molar-refractivity contribution in [3.63, 3.8) is 0 Å². The molecule has 0 amide bonds. The van der Waals surface area contributed by atoms with Crippen molar-refractivity contribution in [3.8, 4) is 17.0 Å². The number of rotatable bonds is 4. The Morgan fingerprint density at radius 1 is 1.09 bits per heavy atom. The molecule has 0 unspecified atom stereocenters. The molecule has 0 saturated carbocycles. The fourth-order valence-electron chi connectivity index (χ4n) is 2.25. The Bertz CT molecular complexity index is 822. The maximum absolute atomic E-state index is 6.09. The second kappa shape index (κ2) is 6.17. The van der Waals surface area contributed by atoms with E-state index in [0.717, 1.165) is 27.9 Å². The Kier molecular flexibility index (Phi) is 4.09. The Hall–Kier alpha value is -2.37. The van der Waals surface area contributed by atoms with Crippen LogP contribution in [0.3, 0.4) is 0 Å². The molecule has 4 N–H and O–H groups in total. The minimum absolute atomic E-state index is 0.220. The number of fused-ring (bicyclic) bond motifs is 1. The average molecular weight is 315 g/mol. The summed E-state index contributed by atoms with van der Waals surface area (Å²) >= 11 is 6.09. The molecule has 0 bridgehead atoms. The molecular weight excluding hydrogens is 300 g/mol. The van der Waals surface area contributed by atoms with Crippen LogP contribution in [0.2, 0.25) is 5.02 Å². The molecule has 112 valence electrons. The standard InChI is InChI=1S/C16H15ClN4O/c17-11-4-5-14-13(9-11)15(21-16(19)20-14)10-2-1-3-12(8-10)22-7-6-18/h1-5,8-9H,6-7,18H2,(H2,19,20,21). The number of benzene rings is 2. The normalized spacial score (nSPS) is 10.8. The maximum Gasteiger partial charge on any atom is 0.221 e. The number of nitrogen functional groups attached to an aromatic ring is 1. The molecule has 0 aliphatic rings. The van der Waals surface area contributed by atoms with Crippen LogP contribution < -0.4 is 16.2 Å². The molecule has 0 aliphatic heterocycles. The van der Waals surface area contributed by atoms with Gasteiger partial charge in [0.2, 0.25) is 5.95 Å². The lowest BCUT2D eigenvalue weighted by Gasteiger charge is -2.09. The van der Waals surface area contributed by atoms with Gasteiger partial charge in [0.05, 0.1) is 11.2 Å². The lowest BCUT2D eigenvalue weighted by atomic mass is 10.1. The molecule has 3 rings (SSSR count). The summed E-state index contributed by atoms with van der Waals surface area (Å²) in [4.78, 5) is 8.60. The first-order valence-corrected chi connectivity index (χ1v) is 7.21. The molecule has 0 aliphatic carbocycles. The summed E-state index contributed by atoms with van der Waals surface area (Å²) in [5.74, 6) is 0.952. The van der Waals surface area contributed by atoms with Crippen molar-refractivity contribution in [2.45, 2.75) is 0 Å². The Morgan fingerprint density at radius 2 is 1.95 bits per heavy atom. The summed E-state index contributed by atoms with van der Waals surface area (Å²) in [6, 6.07) is 13.1. The monoisotopic (exact) mass is 314 g/mol. The van der Waals surface area contributed by atoms with Gasteiger partial charge in [-0.3, -0.25) is 0 Å². The van der Waals surface area contributed by atoms with E-state index < -0.39 is 0 Å². The van der Waals surface area contributed by atoms with Gasteiger partial charge >= 0.3 is 0 Å². The molecule has 6 heteroatoms. The van der Waals surface area contributed by atoms with Crippen LogP contribution in [0.5, 0.6) is 5.75 Å². The quantitative estimate of drug-likeness (QED) is 0.773. The van der Waals surface area contributed by atoms with Gasteiger partial charge in [0, 0.05) is 22.5 Å². The lowest BCUT2D eigenvalue weighted by Crippen LogP contribution is -2.10. The van der Waals surface area contributed by atoms with Crippen LogP contribution in [0.15, 0.2) is 42.5 Å². The Balaban J connectivity index is 2.14. The highest BCUT2D eigenvalue weighted by Gasteiger charge is 2.10. The lowest BCUT2D eigenvalue weighted by molar-refractivity contribution is 0.328. The van der Waals surface area contributed by atoms with Crippen molar-refractivity contribution in [3.05, 3.63) is 47.5 Å². The fraction of sp³-hybridized carbons (Fsp3) is 0.125. The summed E-state index contributed by atoms with van der Waals surface area (Å²) in [6.45, 7) is 0.922. The summed E-state index contributed by atoms with van der Waals surface area (Å²) in [5, 5.41) is 1.47. The van der Waals surface area contributed by atoms with E-state index in [2.05, 4.69) is 9.97 Å². The van der Waals surface area contributed by atoms with Crippen LogP contribution in [-0.2, 0) is 0 Å². The molecule has 0 radical (unpaired) electrons. The Labute approximate surface area is 132 Å². The fourth-order valence-corrected chi connectivity index (χ4v) is 2.42. The van der Waals surface area contributed by atoms with Crippen LogP contribution in [0.4, 0.5) is 5.95 Å². The number of halogens is 1. The van der Waals surface area contributed by atoms with Gasteiger partial charge in [-0.25, -0.2) is 9.97 Å². The highest BCUT2D eigenvalue weighted by Crippen LogP contribution is 2.30. The van der Waals surface area contributed by atoms with Crippen LogP contribution in [-0.4, -0.2) is 23.1 Å². The zero-order chi connectivity index (χ0) is 15.5. The van der Waals surface area contributed by atoms with Gasteiger partial charge in [-0.2, -0.15) is 0 Å². The molecule has 5 nitrogen and oxygen atoms in total. The number of hydrogen-bond donors (Lipinski definition) is 2. The first-order valence-electron chi connectivity index (χ1n) is 6.83. The third-order valence-corrected chi connectivity index (χ3v) is 3.40. The van der Waals surface area contributed by atoms with E-state index in [9.17, 15) is 0 Å².